The van der Waals surface area contributed by atoms with Crippen LogP contribution in [-0.4, -0.2) is 57.3 Å². The maximum Gasteiger partial charge on any atom is 0.251 e. The van der Waals surface area contributed by atoms with Crippen LogP contribution in [0.15, 0.2) is 24.3 Å². The summed E-state index contributed by atoms with van der Waals surface area (Å²) >= 11 is 0. The standard InChI is InChI=1S/C18H25N5O3/c1-12-21-16(11-17(22-12)23(2)3)19-8-9-20-18(24)13-6-7-14(25-4)15(10-13)26-5/h6-7,10-11H,8-9H2,1-5H3,(H,20,24)(H,19,21,22). The summed E-state index contributed by atoms with van der Waals surface area (Å²) in [5.41, 5.74) is 0.510. The van der Waals surface area contributed by atoms with E-state index in [4.69, 9.17) is 9.47 Å². The van der Waals surface area contributed by atoms with Crippen molar-refractivity contribution < 1.29 is 14.3 Å². The molecule has 140 valence electrons. The molecule has 0 aliphatic carbocycles. The van der Waals surface area contributed by atoms with Gasteiger partial charge in [0, 0.05) is 38.8 Å². The first-order valence-corrected chi connectivity index (χ1v) is 8.21. The number of aromatic nitrogens is 2. The zero-order valence-corrected chi connectivity index (χ0v) is 15.8. The third kappa shape index (κ3) is 4.98. The summed E-state index contributed by atoms with van der Waals surface area (Å²) in [6.07, 6.45) is 0. The Balaban J connectivity index is 1.89. The van der Waals surface area contributed by atoms with E-state index in [-0.39, 0.29) is 5.91 Å². The van der Waals surface area contributed by atoms with Crippen molar-refractivity contribution in [2.24, 2.45) is 0 Å². The fraction of sp³-hybridized carbons (Fsp3) is 0.389. The Morgan fingerprint density at radius 3 is 2.46 bits per heavy atom. The van der Waals surface area contributed by atoms with E-state index in [1.165, 1.54) is 7.11 Å². The number of anilines is 2. The lowest BCUT2D eigenvalue weighted by Gasteiger charge is -2.14. The summed E-state index contributed by atoms with van der Waals surface area (Å²) in [6, 6.07) is 6.92. The van der Waals surface area contributed by atoms with Crippen molar-refractivity contribution in [3.63, 3.8) is 0 Å². The summed E-state index contributed by atoms with van der Waals surface area (Å²) in [7, 11) is 6.94. The number of rotatable bonds is 8. The molecule has 0 saturated heterocycles. The molecule has 1 aromatic carbocycles. The second-order valence-corrected chi connectivity index (χ2v) is 5.81. The molecular formula is C18H25N5O3. The number of aryl methyl sites for hydroxylation is 1. The molecule has 0 radical (unpaired) electrons. The minimum Gasteiger partial charge on any atom is -0.493 e. The first kappa shape index (κ1) is 19.3. The third-order valence-electron chi connectivity index (χ3n) is 3.65. The number of nitrogens with zero attached hydrogens (tertiary/aromatic N) is 3. The van der Waals surface area contributed by atoms with Crippen molar-refractivity contribution >= 4 is 17.5 Å². The van der Waals surface area contributed by atoms with Crippen LogP contribution in [0.25, 0.3) is 0 Å². The minimum atomic E-state index is -0.180. The van der Waals surface area contributed by atoms with Crippen molar-refractivity contribution in [3.8, 4) is 11.5 Å². The topological polar surface area (TPSA) is 88.6 Å². The van der Waals surface area contributed by atoms with Crippen LogP contribution in [0.2, 0.25) is 0 Å². The summed E-state index contributed by atoms with van der Waals surface area (Å²) in [6.45, 7) is 2.84. The molecule has 0 fully saturated rings. The van der Waals surface area contributed by atoms with Gasteiger partial charge in [-0.05, 0) is 25.1 Å². The Kier molecular flexibility index (Phi) is 6.60. The van der Waals surface area contributed by atoms with Crippen LogP contribution < -0.4 is 25.0 Å². The molecule has 0 spiro atoms. The molecule has 2 aromatic rings. The number of amides is 1. The highest BCUT2D eigenvalue weighted by atomic mass is 16.5. The van der Waals surface area contributed by atoms with Gasteiger partial charge in [0.1, 0.15) is 17.5 Å². The van der Waals surface area contributed by atoms with Gasteiger partial charge < -0.3 is 25.0 Å². The highest BCUT2D eigenvalue weighted by Crippen LogP contribution is 2.27. The van der Waals surface area contributed by atoms with Gasteiger partial charge in [-0.3, -0.25) is 4.79 Å². The molecule has 0 unspecified atom stereocenters. The molecule has 0 aliphatic rings. The normalized spacial score (nSPS) is 10.2. The number of methoxy groups -OCH3 is 2. The van der Waals surface area contributed by atoms with E-state index in [0.29, 0.717) is 36.0 Å². The molecular weight excluding hydrogens is 334 g/mol. The monoisotopic (exact) mass is 359 g/mol. The number of carbonyl (C=O) groups excluding carboxylic acids is 1. The van der Waals surface area contributed by atoms with Crippen LogP contribution in [0.4, 0.5) is 11.6 Å². The van der Waals surface area contributed by atoms with Crippen LogP contribution in [0, 0.1) is 6.92 Å². The first-order chi connectivity index (χ1) is 12.4. The van der Waals surface area contributed by atoms with E-state index in [2.05, 4.69) is 20.6 Å². The predicted octanol–water partition coefficient (Wildman–Crippen LogP) is 1.71. The average molecular weight is 359 g/mol. The van der Waals surface area contributed by atoms with Crippen molar-refractivity contribution in [2.45, 2.75) is 6.92 Å². The molecule has 8 heteroatoms. The molecule has 2 rings (SSSR count). The maximum atomic E-state index is 12.3. The molecule has 26 heavy (non-hydrogen) atoms. The maximum absolute atomic E-state index is 12.3. The summed E-state index contributed by atoms with van der Waals surface area (Å²) in [4.78, 5) is 22.9. The fourth-order valence-electron chi connectivity index (χ4n) is 2.32. The van der Waals surface area contributed by atoms with Crippen LogP contribution in [0.3, 0.4) is 0 Å². The van der Waals surface area contributed by atoms with Crippen molar-refractivity contribution in [1.29, 1.82) is 0 Å². The Hall–Kier alpha value is -3.03. The fourth-order valence-corrected chi connectivity index (χ4v) is 2.32. The summed E-state index contributed by atoms with van der Waals surface area (Å²) in [5.74, 6) is 3.16. The van der Waals surface area contributed by atoms with E-state index >= 15 is 0 Å². The van der Waals surface area contributed by atoms with Gasteiger partial charge in [-0.1, -0.05) is 0 Å². The number of ether oxygens (including phenoxy) is 2. The molecule has 1 amide bonds. The number of nitrogens with one attached hydrogen (secondary N) is 2. The number of benzene rings is 1. The Morgan fingerprint density at radius 2 is 1.81 bits per heavy atom. The molecule has 8 nitrogen and oxygen atoms in total. The van der Waals surface area contributed by atoms with Gasteiger partial charge in [-0.15, -0.1) is 0 Å². The second-order valence-electron chi connectivity index (χ2n) is 5.81. The summed E-state index contributed by atoms with van der Waals surface area (Å²) < 4.78 is 10.4. The van der Waals surface area contributed by atoms with Crippen molar-refractivity contribution in [3.05, 3.63) is 35.7 Å². The number of carbonyl (C=O) groups is 1. The van der Waals surface area contributed by atoms with E-state index < -0.39 is 0 Å². The van der Waals surface area contributed by atoms with E-state index in [9.17, 15) is 4.79 Å². The molecule has 0 aliphatic heterocycles. The number of hydrogen-bond donors (Lipinski definition) is 2. The Labute approximate surface area is 153 Å². The Morgan fingerprint density at radius 1 is 1.08 bits per heavy atom. The zero-order valence-electron chi connectivity index (χ0n) is 15.8. The third-order valence-corrected chi connectivity index (χ3v) is 3.65. The molecule has 0 bridgehead atoms. The van der Waals surface area contributed by atoms with Gasteiger partial charge in [0.25, 0.3) is 5.91 Å². The Bertz CT molecular complexity index is 764. The summed E-state index contributed by atoms with van der Waals surface area (Å²) in [5, 5.41) is 6.05. The molecule has 1 heterocycles. The van der Waals surface area contributed by atoms with Crippen LogP contribution in [0.5, 0.6) is 11.5 Å². The van der Waals surface area contributed by atoms with Gasteiger partial charge in [0.15, 0.2) is 11.5 Å². The van der Waals surface area contributed by atoms with Crippen LogP contribution in [-0.2, 0) is 0 Å². The predicted molar refractivity (Wildman–Crippen MR) is 101 cm³/mol. The lowest BCUT2D eigenvalue weighted by Crippen LogP contribution is -2.29. The molecule has 0 atom stereocenters. The lowest BCUT2D eigenvalue weighted by molar-refractivity contribution is 0.0954. The van der Waals surface area contributed by atoms with Crippen LogP contribution in [0.1, 0.15) is 16.2 Å². The number of hydrogen-bond acceptors (Lipinski definition) is 7. The van der Waals surface area contributed by atoms with Gasteiger partial charge in [-0.2, -0.15) is 0 Å². The van der Waals surface area contributed by atoms with Crippen molar-refractivity contribution in [1.82, 2.24) is 15.3 Å². The minimum absolute atomic E-state index is 0.180. The van der Waals surface area contributed by atoms with Gasteiger partial charge >= 0.3 is 0 Å². The van der Waals surface area contributed by atoms with Gasteiger partial charge in [0.2, 0.25) is 0 Å². The molecule has 2 N–H and O–H groups in total. The quantitative estimate of drug-likeness (QED) is 0.694. The highest BCUT2D eigenvalue weighted by molar-refractivity contribution is 5.94. The second kappa shape index (κ2) is 8.89. The first-order valence-electron chi connectivity index (χ1n) is 8.21. The average Bonchev–Trinajstić information content (AvgIpc) is 2.63. The molecule has 0 saturated carbocycles. The van der Waals surface area contributed by atoms with E-state index in [0.717, 1.165) is 11.6 Å². The zero-order chi connectivity index (χ0) is 19.1. The van der Waals surface area contributed by atoms with Crippen molar-refractivity contribution in [2.75, 3.05) is 51.6 Å². The highest BCUT2D eigenvalue weighted by Gasteiger charge is 2.10. The van der Waals surface area contributed by atoms with Gasteiger partial charge in [-0.25, -0.2) is 9.97 Å². The van der Waals surface area contributed by atoms with E-state index in [1.54, 1.807) is 25.3 Å². The largest absolute Gasteiger partial charge is 0.493 e. The molecule has 1 aromatic heterocycles. The van der Waals surface area contributed by atoms with Gasteiger partial charge in [0.05, 0.1) is 14.2 Å². The van der Waals surface area contributed by atoms with Crippen LogP contribution >= 0.6 is 0 Å². The smallest absolute Gasteiger partial charge is 0.251 e. The SMILES string of the molecule is COc1ccc(C(=O)NCCNc2cc(N(C)C)nc(C)n2)cc1OC. The van der Waals surface area contributed by atoms with E-state index in [1.807, 2.05) is 32.0 Å². The lowest BCUT2D eigenvalue weighted by atomic mass is 10.2.